The molecule has 0 bridgehead atoms. The molecule has 8 nitrogen and oxygen atoms in total. The number of non-ortho nitro benzene ring substituents is 1. The van der Waals surface area contributed by atoms with Crippen molar-refractivity contribution in [3.8, 4) is 11.5 Å². The van der Waals surface area contributed by atoms with Gasteiger partial charge in [-0.25, -0.2) is 5.43 Å². The quantitative estimate of drug-likeness (QED) is 0.242. The molecule has 35 heavy (non-hydrogen) atoms. The molecular weight excluding hydrogens is 491 g/mol. The molecule has 1 N–H and O–H groups in total. The molecular formula is C23H17ClF3N3O5. The first kappa shape index (κ1) is 25.5. The number of amides is 1. The number of halogens is 4. The van der Waals surface area contributed by atoms with Crippen molar-refractivity contribution in [1.29, 1.82) is 0 Å². The van der Waals surface area contributed by atoms with Crippen LogP contribution in [0.15, 0.2) is 65.8 Å². The summed E-state index contributed by atoms with van der Waals surface area (Å²) in [5.74, 6) is -0.351. The van der Waals surface area contributed by atoms with Gasteiger partial charge in [0.15, 0.2) is 11.5 Å². The normalized spacial score (nSPS) is 11.3. The minimum Gasteiger partial charge on any atom is -0.493 e. The van der Waals surface area contributed by atoms with Crippen molar-refractivity contribution in [3.63, 3.8) is 0 Å². The predicted molar refractivity (Wildman–Crippen MR) is 122 cm³/mol. The number of benzene rings is 3. The largest absolute Gasteiger partial charge is 0.493 e. The highest BCUT2D eigenvalue weighted by Gasteiger charge is 2.30. The Morgan fingerprint density at radius 1 is 1.17 bits per heavy atom. The van der Waals surface area contributed by atoms with Crippen LogP contribution in [0.25, 0.3) is 0 Å². The molecule has 0 aliphatic rings. The lowest BCUT2D eigenvalue weighted by Gasteiger charge is -2.13. The minimum atomic E-state index is -4.57. The molecule has 12 heteroatoms. The van der Waals surface area contributed by atoms with Crippen molar-refractivity contribution < 1.29 is 32.4 Å². The Morgan fingerprint density at radius 3 is 2.51 bits per heavy atom. The van der Waals surface area contributed by atoms with Gasteiger partial charge in [-0.2, -0.15) is 18.3 Å². The molecule has 0 spiro atoms. The van der Waals surface area contributed by atoms with Crippen molar-refractivity contribution in [2.75, 3.05) is 7.11 Å². The van der Waals surface area contributed by atoms with Crippen molar-refractivity contribution >= 4 is 29.4 Å². The molecule has 0 aromatic heterocycles. The third kappa shape index (κ3) is 6.70. The van der Waals surface area contributed by atoms with E-state index in [0.717, 1.165) is 18.2 Å². The Morgan fingerprint density at radius 2 is 1.89 bits per heavy atom. The lowest BCUT2D eigenvalue weighted by atomic mass is 10.1. The van der Waals surface area contributed by atoms with Gasteiger partial charge in [-0.3, -0.25) is 14.9 Å². The molecule has 182 valence electrons. The van der Waals surface area contributed by atoms with Gasteiger partial charge in [0.05, 0.1) is 28.8 Å². The maximum Gasteiger partial charge on any atom is 0.416 e. The van der Waals surface area contributed by atoms with Crippen LogP contribution in [0.1, 0.15) is 27.0 Å². The van der Waals surface area contributed by atoms with Crippen LogP contribution in [0.5, 0.6) is 11.5 Å². The summed E-state index contributed by atoms with van der Waals surface area (Å²) in [6.07, 6.45) is -3.34. The van der Waals surface area contributed by atoms with Crippen LogP contribution in [0, 0.1) is 10.1 Å². The van der Waals surface area contributed by atoms with E-state index in [9.17, 15) is 28.1 Å². The number of methoxy groups -OCH3 is 1. The summed E-state index contributed by atoms with van der Waals surface area (Å²) in [6.45, 7) is 0.0640. The second-order valence-electron chi connectivity index (χ2n) is 7.02. The average Bonchev–Trinajstić information content (AvgIpc) is 2.82. The molecule has 0 atom stereocenters. The third-order valence-electron chi connectivity index (χ3n) is 4.61. The summed E-state index contributed by atoms with van der Waals surface area (Å²) in [7, 11) is 1.39. The molecule has 0 fully saturated rings. The molecule has 0 radical (unpaired) electrons. The van der Waals surface area contributed by atoms with E-state index in [-0.39, 0.29) is 34.4 Å². The molecule has 1 amide bonds. The van der Waals surface area contributed by atoms with Crippen LogP contribution in [0.2, 0.25) is 5.02 Å². The lowest BCUT2D eigenvalue weighted by molar-refractivity contribution is -0.384. The minimum absolute atomic E-state index is 0.0480. The standard InChI is InChI=1S/C23H17ClF3N3O5/c1-34-20-10-15(12-28-29-22(31)16-3-2-4-17(11-16)23(25,26)27)9-19(24)21(20)35-13-14-5-7-18(8-6-14)30(32)33/h2-12H,13H2,1H3,(H,29,31)/b28-12-. The summed E-state index contributed by atoms with van der Waals surface area (Å²) >= 11 is 6.29. The fourth-order valence-corrected chi connectivity index (χ4v) is 3.16. The zero-order valence-corrected chi connectivity index (χ0v) is 18.8. The van der Waals surface area contributed by atoms with Crippen LogP contribution < -0.4 is 14.9 Å². The molecule has 3 aromatic carbocycles. The zero-order valence-electron chi connectivity index (χ0n) is 18.0. The number of carbonyl (C=O) groups is 1. The predicted octanol–water partition coefficient (Wildman–Crippen LogP) is 5.62. The molecule has 3 aromatic rings. The zero-order chi connectivity index (χ0) is 25.6. The Hall–Kier alpha value is -4.12. The number of rotatable bonds is 8. The number of nitrogens with one attached hydrogen (secondary N) is 1. The number of alkyl halides is 3. The monoisotopic (exact) mass is 507 g/mol. The average molecular weight is 508 g/mol. The number of nitro groups is 1. The Balaban J connectivity index is 1.68. The van der Waals surface area contributed by atoms with E-state index in [2.05, 4.69) is 10.5 Å². The van der Waals surface area contributed by atoms with Crippen molar-refractivity contribution in [2.24, 2.45) is 5.10 Å². The second kappa shape index (κ2) is 10.9. The van der Waals surface area contributed by atoms with Gasteiger partial charge in [0, 0.05) is 17.7 Å². The van der Waals surface area contributed by atoms with Crippen LogP contribution in [-0.2, 0) is 12.8 Å². The van der Waals surface area contributed by atoms with Gasteiger partial charge in [-0.05, 0) is 53.6 Å². The number of carbonyl (C=O) groups excluding carboxylic acids is 1. The Labute approximate surface area is 202 Å². The van der Waals surface area contributed by atoms with Crippen LogP contribution in [-0.4, -0.2) is 24.2 Å². The maximum atomic E-state index is 12.8. The topological polar surface area (TPSA) is 103 Å². The van der Waals surface area contributed by atoms with E-state index in [4.69, 9.17) is 21.1 Å². The summed E-state index contributed by atoms with van der Waals surface area (Å²) in [5.41, 5.74) is 2.03. The molecule has 0 unspecified atom stereocenters. The molecule has 0 saturated heterocycles. The first-order chi connectivity index (χ1) is 16.6. The smallest absolute Gasteiger partial charge is 0.416 e. The maximum absolute atomic E-state index is 12.8. The summed E-state index contributed by atoms with van der Waals surface area (Å²) < 4.78 is 49.5. The number of nitrogens with zero attached hydrogens (tertiary/aromatic N) is 2. The molecule has 0 aliphatic heterocycles. The van der Waals surface area contributed by atoms with Gasteiger partial charge in [-0.1, -0.05) is 17.7 Å². The Kier molecular flexibility index (Phi) is 7.92. The second-order valence-corrected chi connectivity index (χ2v) is 7.43. The van der Waals surface area contributed by atoms with Crippen LogP contribution in [0.4, 0.5) is 18.9 Å². The number of hydrogen-bond donors (Lipinski definition) is 1. The van der Waals surface area contributed by atoms with Gasteiger partial charge in [0.25, 0.3) is 11.6 Å². The van der Waals surface area contributed by atoms with Crippen molar-refractivity contribution in [3.05, 3.63) is 98.1 Å². The van der Waals surface area contributed by atoms with E-state index >= 15 is 0 Å². The number of hydrazone groups is 1. The first-order valence-electron chi connectivity index (χ1n) is 9.83. The van der Waals surface area contributed by atoms with E-state index in [1.54, 1.807) is 12.1 Å². The highest BCUT2D eigenvalue weighted by atomic mass is 35.5. The lowest BCUT2D eigenvalue weighted by Crippen LogP contribution is -2.18. The fraction of sp³-hybridized carbons (Fsp3) is 0.130. The van der Waals surface area contributed by atoms with E-state index in [0.29, 0.717) is 11.1 Å². The van der Waals surface area contributed by atoms with Gasteiger partial charge in [0.2, 0.25) is 0 Å². The number of ether oxygens (including phenoxy) is 2. The highest BCUT2D eigenvalue weighted by molar-refractivity contribution is 6.32. The Bertz CT molecular complexity index is 1260. The summed E-state index contributed by atoms with van der Waals surface area (Å²) in [4.78, 5) is 22.4. The van der Waals surface area contributed by atoms with Gasteiger partial charge in [-0.15, -0.1) is 0 Å². The van der Waals surface area contributed by atoms with Crippen molar-refractivity contribution in [1.82, 2.24) is 5.43 Å². The molecule has 0 heterocycles. The summed E-state index contributed by atoms with van der Waals surface area (Å²) in [5, 5.41) is 14.7. The third-order valence-corrected chi connectivity index (χ3v) is 4.89. The van der Waals surface area contributed by atoms with Gasteiger partial charge < -0.3 is 9.47 Å². The summed E-state index contributed by atoms with van der Waals surface area (Å²) in [6, 6.07) is 12.8. The molecule has 3 rings (SSSR count). The number of hydrogen-bond acceptors (Lipinski definition) is 6. The molecule has 0 saturated carbocycles. The van der Waals surface area contributed by atoms with Crippen LogP contribution >= 0.6 is 11.6 Å². The molecule has 0 aliphatic carbocycles. The highest BCUT2D eigenvalue weighted by Crippen LogP contribution is 2.36. The van der Waals surface area contributed by atoms with Crippen LogP contribution in [0.3, 0.4) is 0 Å². The fourth-order valence-electron chi connectivity index (χ4n) is 2.89. The number of nitro benzene ring substituents is 1. The van der Waals surface area contributed by atoms with Crippen molar-refractivity contribution in [2.45, 2.75) is 12.8 Å². The van der Waals surface area contributed by atoms with Gasteiger partial charge >= 0.3 is 6.18 Å². The first-order valence-corrected chi connectivity index (χ1v) is 10.2. The van der Waals surface area contributed by atoms with E-state index < -0.39 is 22.6 Å². The van der Waals surface area contributed by atoms with E-state index in [1.807, 2.05) is 0 Å². The van der Waals surface area contributed by atoms with Gasteiger partial charge in [0.1, 0.15) is 6.61 Å². The van der Waals surface area contributed by atoms with E-state index in [1.165, 1.54) is 43.7 Å². The SMILES string of the molecule is COc1cc(/C=N\NC(=O)c2cccc(C(F)(F)F)c2)cc(Cl)c1OCc1ccc([N+](=O)[O-])cc1.